The molecule has 15 heavy (non-hydrogen) atoms. The van der Waals surface area contributed by atoms with Crippen LogP contribution in [0.4, 0.5) is 4.79 Å². The maximum absolute atomic E-state index is 12.1. The fraction of sp³-hybridized carbons (Fsp3) is 0.917. The Kier molecular flexibility index (Phi) is 3.31. The average Bonchev–Trinajstić information content (AvgIpc) is 2.06. The van der Waals surface area contributed by atoms with E-state index >= 15 is 0 Å². The molecule has 0 aromatic rings. The van der Waals surface area contributed by atoms with Crippen molar-refractivity contribution in [3.05, 3.63) is 0 Å². The van der Waals surface area contributed by atoms with Crippen LogP contribution in [-0.4, -0.2) is 41.5 Å². The molecule has 0 N–H and O–H groups in total. The zero-order chi connectivity index (χ0) is 11.8. The monoisotopic (exact) mass is 212 g/mol. The van der Waals surface area contributed by atoms with Crippen molar-refractivity contribution in [2.24, 2.45) is 5.41 Å². The molecule has 88 valence electrons. The lowest BCUT2D eigenvalue weighted by molar-refractivity contribution is 0.140. The Hall–Kier alpha value is -0.730. The van der Waals surface area contributed by atoms with Gasteiger partial charge in [0.15, 0.2) is 0 Å². The third-order valence-corrected chi connectivity index (χ3v) is 3.09. The minimum Gasteiger partial charge on any atom is -0.327 e. The Morgan fingerprint density at radius 3 is 2.40 bits per heavy atom. The highest BCUT2D eigenvalue weighted by atomic mass is 16.2. The van der Waals surface area contributed by atoms with Gasteiger partial charge in [-0.2, -0.15) is 0 Å². The Labute approximate surface area is 93.4 Å². The second kappa shape index (κ2) is 4.03. The zero-order valence-corrected chi connectivity index (χ0v) is 10.9. The highest BCUT2D eigenvalue weighted by molar-refractivity contribution is 5.75. The Morgan fingerprint density at radius 1 is 1.40 bits per heavy atom. The van der Waals surface area contributed by atoms with E-state index in [9.17, 15) is 4.79 Å². The van der Waals surface area contributed by atoms with Crippen molar-refractivity contribution in [3.8, 4) is 0 Å². The molecular weight excluding hydrogens is 188 g/mol. The van der Waals surface area contributed by atoms with Crippen molar-refractivity contribution in [1.82, 2.24) is 9.80 Å². The summed E-state index contributed by atoms with van der Waals surface area (Å²) in [6, 6.07) is 0.782. The molecule has 3 nitrogen and oxygen atoms in total. The zero-order valence-electron chi connectivity index (χ0n) is 10.9. The van der Waals surface area contributed by atoms with Crippen molar-refractivity contribution in [2.75, 3.05) is 13.6 Å². The van der Waals surface area contributed by atoms with Crippen LogP contribution < -0.4 is 0 Å². The van der Waals surface area contributed by atoms with Crippen molar-refractivity contribution in [2.45, 2.75) is 53.1 Å². The van der Waals surface area contributed by atoms with Gasteiger partial charge in [-0.25, -0.2) is 4.79 Å². The van der Waals surface area contributed by atoms with Crippen LogP contribution in [0.15, 0.2) is 0 Å². The average molecular weight is 212 g/mol. The number of amides is 2. The van der Waals surface area contributed by atoms with Crippen LogP contribution in [0.1, 0.15) is 41.0 Å². The highest BCUT2D eigenvalue weighted by Gasteiger charge is 2.36. The van der Waals surface area contributed by atoms with Crippen LogP contribution in [0.5, 0.6) is 0 Å². The molecule has 0 radical (unpaired) electrons. The van der Waals surface area contributed by atoms with E-state index in [2.05, 4.69) is 34.6 Å². The first kappa shape index (κ1) is 12.3. The number of carbonyl (C=O) groups excluding carboxylic acids is 1. The van der Waals surface area contributed by atoms with Gasteiger partial charge in [-0.3, -0.25) is 0 Å². The maximum Gasteiger partial charge on any atom is 0.320 e. The molecule has 0 aromatic carbocycles. The molecule has 0 spiro atoms. The van der Waals surface area contributed by atoms with Crippen LogP contribution >= 0.6 is 0 Å². The minimum absolute atomic E-state index is 0.170. The summed E-state index contributed by atoms with van der Waals surface area (Å²) in [7, 11) is 1.90. The van der Waals surface area contributed by atoms with Gasteiger partial charge in [-0.05, 0) is 32.6 Å². The molecule has 0 aromatic heterocycles. The highest BCUT2D eigenvalue weighted by Crippen LogP contribution is 2.30. The molecule has 0 bridgehead atoms. The van der Waals surface area contributed by atoms with Crippen molar-refractivity contribution in [3.63, 3.8) is 0 Å². The predicted molar refractivity (Wildman–Crippen MR) is 62.9 cm³/mol. The molecular formula is C12H24N2O. The second-order valence-corrected chi connectivity index (χ2v) is 5.86. The van der Waals surface area contributed by atoms with Crippen LogP contribution in [0.3, 0.4) is 0 Å². The topological polar surface area (TPSA) is 23.6 Å². The van der Waals surface area contributed by atoms with Gasteiger partial charge in [0.05, 0.1) is 0 Å². The van der Waals surface area contributed by atoms with Gasteiger partial charge >= 0.3 is 6.03 Å². The first-order valence-electron chi connectivity index (χ1n) is 5.78. The summed E-state index contributed by atoms with van der Waals surface area (Å²) in [5.74, 6) is 0. The van der Waals surface area contributed by atoms with Gasteiger partial charge in [0, 0.05) is 25.7 Å². The summed E-state index contributed by atoms with van der Waals surface area (Å²) < 4.78 is 0. The third kappa shape index (κ3) is 2.64. The predicted octanol–water partition coefficient (Wildman–Crippen LogP) is 2.57. The molecule has 1 heterocycles. The van der Waals surface area contributed by atoms with E-state index in [0.29, 0.717) is 6.04 Å². The van der Waals surface area contributed by atoms with Gasteiger partial charge in [0.25, 0.3) is 0 Å². The smallest absolute Gasteiger partial charge is 0.320 e. The molecule has 1 saturated heterocycles. The molecule has 1 aliphatic heterocycles. The van der Waals surface area contributed by atoms with Crippen LogP contribution in [-0.2, 0) is 0 Å². The fourth-order valence-electron chi connectivity index (χ4n) is 2.79. The van der Waals surface area contributed by atoms with Gasteiger partial charge in [-0.15, -0.1) is 0 Å². The molecule has 0 saturated carbocycles. The van der Waals surface area contributed by atoms with Crippen LogP contribution in [0.25, 0.3) is 0 Å². The standard InChI is InChI=1S/C12H24N2O/c1-9(2)14-10(3)7-12(4,5)8-13(6)11(14)15/h9-10H,7-8H2,1-6H3. The Bertz CT molecular complexity index is 248. The normalized spacial score (nSPS) is 27.1. The number of nitrogens with zero attached hydrogens (tertiary/aromatic N) is 2. The number of rotatable bonds is 1. The third-order valence-electron chi connectivity index (χ3n) is 3.09. The van der Waals surface area contributed by atoms with E-state index in [4.69, 9.17) is 0 Å². The van der Waals surface area contributed by atoms with Crippen LogP contribution in [0, 0.1) is 5.41 Å². The molecule has 1 aliphatic rings. The van der Waals surface area contributed by atoms with Crippen molar-refractivity contribution < 1.29 is 4.79 Å². The lowest BCUT2D eigenvalue weighted by Crippen LogP contribution is -2.47. The Morgan fingerprint density at radius 2 is 1.93 bits per heavy atom. The van der Waals surface area contributed by atoms with E-state index in [1.807, 2.05) is 16.8 Å². The number of urea groups is 1. The lowest BCUT2D eigenvalue weighted by Gasteiger charge is -2.33. The van der Waals surface area contributed by atoms with Gasteiger partial charge < -0.3 is 9.80 Å². The summed E-state index contributed by atoms with van der Waals surface area (Å²) >= 11 is 0. The molecule has 0 aliphatic carbocycles. The van der Waals surface area contributed by atoms with E-state index < -0.39 is 0 Å². The number of hydrogen-bond donors (Lipinski definition) is 0. The number of hydrogen-bond acceptors (Lipinski definition) is 1. The van der Waals surface area contributed by atoms with Crippen LogP contribution in [0.2, 0.25) is 0 Å². The van der Waals surface area contributed by atoms with Gasteiger partial charge in [-0.1, -0.05) is 13.8 Å². The summed E-state index contributed by atoms with van der Waals surface area (Å²) in [4.78, 5) is 16.0. The molecule has 1 rings (SSSR count). The van der Waals surface area contributed by atoms with E-state index in [-0.39, 0.29) is 17.5 Å². The summed E-state index contributed by atoms with van der Waals surface area (Å²) in [6.45, 7) is 11.6. The first-order chi connectivity index (χ1) is 6.74. The fourth-order valence-corrected chi connectivity index (χ4v) is 2.79. The Balaban J connectivity index is 2.95. The van der Waals surface area contributed by atoms with Crippen molar-refractivity contribution in [1.29, 1.82) is 0 Å². The summed E-state index contributed by atoms with van der Waals surface area (Å²) in [5.41, 5.74) is 0.216. The molecule has 2 amide bonds. The van der Waals surface area contributed by atoms with E-state index in [1.165, 1.54) is 0 Å². The maximum atomic E-state index is 12.1. The molecule has 1 unspecified atom stereocenters. The molecule has 1 atom stereocenters. The SMILES string of the molecule is CC(C)N1C(=O)N(C)CC(C)(C)CC1C. The summed E-state index contributed by atoms with van der Waals surface area (Å²) in [5, 5.41) is 0. The summed E-state index contributed by atoms with van der Waals surface area (Å²) in [6.07, 6.45) is 1.07. The largest absolute Gasteiger partial charge is 0.327 e. The first-order valence-corrected chi connectivity index (χ1v) is 5.78. The minimum atomic E-state index is 0.170. The lowest BCUT2D eigenvalue weighted by atomic mass is 9.86. The molecule has 3 heteroatoms. The quantitative estimate of drug-likeness (QED) is 0.655. The van der Waals surface area contributed by atoms with E-state index in [1.54, 1.807) is 0 Å². The number of carbonyl (C=O) groups is 1. The van der Waals surface area contributed by atoms with Gasteiger partial charge in [0.2, 0.25) is 0 Å². The molecule has 1 fully saturated rings. The second-order valence-electron chi connectivity index (χ2n) is 5.86. The van der Waals surface area contributed by atoms with Crippen molar-refractivity contribution >= 4 is 6.03 Å². The van der Waals surface area contributed by atoms with E-state index in [0.717, 1.165) is 13.0 Å². The van der Waals surface area contributed by atoms with Gasteiger partial charge in [0.1, 0.15) is 0 Å².